The molecule has 2 fully saturated rings. The molecule has 0 aliphatic carbocycles. The van der Waals surface area contributed by atoms with Crippen molar-refractivity contribution in [2.45, 2.75) is 19.1 Å². The quantitative estimate of drug-likeness (QED) is 0.621. The standard InChI is InChI=1S/C26H36N2O5/c1-22-2-6-25(7-3-22)33-21-26(29)19-28(12-16-31-20-26)18-23-4-8-24(9-5-23)32-17-13-27-10-14-30-15-11-27/h2-9,29H,10-21H2,1H3. The predicted molar refractivity (Wildman–Crippen MR) is 127 cm³/mol. The topological polar surface area (TPSA) is 63.6 Å². The first-order valence-corrected chi connectivity index (χ1v) is 11.8. The van der Waals surface area contributed by atoms with E-state index in [1.165, 1.54) is 11.1 Å². The third-order valence-corrected chi connectivity index (χ3v) is 6.08. The molecule has 4 rings (SSSR count). The van der Waals surface area contributed by atoms with Crippen molar-refractivity contribution >= 4 is 0 Å². The zero-order chi connectivity index (χ0) is 22.9. The lowest BCUT2D eigenvalue weighted by Gasteiger charge is -2.30. The SMILES string of the molecule is Cc1ccc(OCC2(O)COCCN(Cc3ccc(OCCN4CCOCC4)cc3)C2)cc1. The van der Waals surface area contributed by atoms with Gasteiger partial charge in [0.15, 0.2) is 0 Å². The van der Waals surface area contributed by atoms with Crippen LogP contribution in [0.25, 0.3) is 0 Å². The summed E-state index contributed by atoms with van der Waals surface area (Å²) < 4.78 is 22.9. The minimum Gasteiger partial charge on any atom is -0.492 e. The minimum absolute atomic E-state index is 0.197. The van der Waals surface area contributed by atoms with Gasteiger partial charge in [0, 0.05) is 39.3 Å². The Hall–Kier alpha value is -2.16. The van der Waals surface area contributed by atoms with Gasteiger partial charge in [-0.15, -0.1) is 0 Å². The number of hydrogen-bond acceptors (Lipinski definition) is 7. The normalized spacial score (nSPS) is 22.6. The molecular weight excluding hydrogens is 420 g/mol. The Morgan fingerprint density at radius 3 is 2.24 bits per heavy atom. The molecule has 2 saturated heterocycles. The molecule has 1 N–H and O–H groups in total. The van der Waals surface area contributed by atoms with Gasteiger partial charge in [-0.1, -0.05) is 29.8 Å². The minimum atomic E-state index is -1.05. The van der Waals surface area contributed by atoms with Gasteiger partial charge in [-0.05, 0) is 36.8 Å². The molecule has 1 unspecified atom stereocenters. The molecular formula is C26H36N2O5. The maximum absolute atomic E-state index is 11.1. The summed E-state index contributed by atoms with van der Waals surface area (Å²) in [5.74, 6) is 1.64. The molecule has 2 heterocycles. The Balaban J connectivity index is 1.25. The van der Waals surface area contributed by atoms with Crippen molar-refractivity contribution < 1.29 is 24.1 Å². The van der Waals surface area contributed by atoms with E-state index in [0.29, 0.717) is 19.8 Å². The molecule has 0 amide bonds. The molecule has 2 aromatic carbocycles. The van der Waals surface area contributed by atoms with Crippen LogP contribution >= 0.6 is 0 Å². The zero-order valence-corrected chi connectivity index (χ0v) is 19.6. The number of morpholine rings is 1. The average Bonchev–Trinajstić information content (AvgIpc) is 3.02. The van der Waals surface area contributed by atoms with Gasteiger partial charge in [0.25, 0.3) is 0 Å². The first-order chi connectivity index (χ1) is 16.1. The molecule has 33 heavy (non-hydrogen) atoms. The predicted octanol–water partition coefficient (Wildman–Crippen LogP) is 2.35. The molecule has 0 saturated carbocycles. The summed E-state index contributed by atoms with van der Waals surface area (Å²) in [5.41, 5.74) is 1.31. The van der Waals surface area contributed by atoms with Crippen LogP contribution in [0.15, 0.2) is 48.5 Å². The molecule has 2 aliphatic heterocycles. The first-order valence-electron chi connectivity index (χ1n) is 11.8. The fourth-order valence-corrected chi connectivity index (χ4v) is 4.14. The van der Waals surface area contributed by atoms with Gasteiger partial charge >= 0.3 is 0 Å². The van der Waals surface area contributed by atoms with E-state index in [0.717, 1.165) is 57.4 Å². The van der Waals surface area contributed by atoms with Crippen LogP contribution in [-0.4, -0.2) is 92.9 Å². The van der Waals surface area contributed by atoms with Crippen LogP contribution in [0.1, 0.15) is 11.1 Å². The van der Waals surface area contributed by atoms with Crippen LogP contribution in [-0.2, 0) is 16.0 Å². The fraction of sp³-hybridized carbons (Fsp3) is 0.538. The highest BCUT2D eigenvalue weighted by molar-refractivity contribution is 5.28. The highest BCUT2D eigenvalue weighted by atomic mass is 16.5. The number of benzene rings is 2. The Kier molecular flexibility index (Phi) is 8.58. The van der Waals surface area contributed by atoms with Gasteiger partial charge in [0.05, 0.1) is 26.4 Å². The van der Waals surface area contributed by atoms with Gasteiger partial charge in [0.1, 0.15) is 30.3 Å². The van der Waals surface area contributed by atoms with Crippen molar-refractivity contribution in [3.8, 4) is 11.5 Å². The molecule has 2 aromatic rings. The summed E-state index contributed by atoms with van der Waals surface area (Å²) in [5, 5.41) is 11.1. The molecule has 7 heteroatoms. The monoisotopic (exact) mass is 456 g/mol. The first kappa shape index (κ1) is 24.0. The summed E-state index contributed by atoms with van der Waals surface area (Å²) in [7, 11) is 0. The molecule has 0 radical (unpaired) electrons. The second kappa shape index (κ2) is 11.8. The third kappa shape index (κ3) is 7.69. The van der Waals surface area contributed by atoms with Crippen LogP contribution in [0.2, 0.25) is 0 Å². The van der Waals surface area contributed by atoms with E-state index in [9.17, 15) is 5.11 Å². The van der Waals surface area contributed by atoms with Crippen LogP contribution in [0, 0.1) is 6.92 Å². The van der Waals surface area contributed by atoms with Crippen LogP contribution < -0.4 is 9.47 Å². The lowest BCUT2D eigenvalue weighted by molar-refractivity contribution is -0.0646. The molecule has 0 bridgehead atoms. The summed E-state index contributed by atoms with van der Waals surface area (Å²) in [6, 6.07) is 16.1. The second-order valence-electron chi connectivity index (χ2n) is 9.04. The third-order valence-electron chi connectivity index (χ3n) is 6.08. The van der Waals surface area contributed by atoms with Crippen LogP contribution in [0.4, 0.5) is 0 Å². The van der Waals surface area contributed by atoms with E-state index in [4.69, 9.17) is 18.9 Å². The maximum atomic E-state index is 11.1. The fourth-order valence-electron chi connectivity index (χ4n) is 4.14. The summed E-state index contributed by atoms with van der Waals surface area (Å²) in [6.07, 6.45) is 0. The van der Waals surface area contributed by atoms with E-state index >= 15 is 0 Å². The second-order valence-corrected chi connectivity index (χ2v) is 9.04. The largest absolute Gasteiger partial charge is 0.492 e. The maximum Gasteiger partial charge on any atom is 0.134 e. The lowest BCUT2D eigenvalue weighted by Crippen LogP contribution is -2.48. The van der Waals surface area contributed by atoms with Crippen molar-refractivity contribution in [3.05, 3.63) is 59.7 Å². The number of aryl methyl sites for hydroxylation is 1. The number of aliphatic hydroxyl groups is 1. The van der Waals surface area contributed by atoms with Gasteiger partial charge in [-0.2, -0.15) is 0 Å². The van der Waals surface area contributed by atoms with E-state index < -0.39 is 5.60 Å². The number of ether oxygens (including phenoxy) is 4. The van der Waals surface area contributed by atoms with Gasteiger partial charge in [-0.3, -0.25) is 9.80 Å². The van der Waals surface area contributed by atoms with E-state index in [1.54, 1.807) is 0 Å². The van der Waals surface area contributed by atoms with E-state index in [1.807, 2.05) is 43.3 Å². The van der Waals surface area contributed by atoms with Crippen molar-refractivity contribution in [1.82, 2.24) is 9.80 Å². The molecule has 0 aromatic heterocycles. The smallest absolute Gasteiger partial charge is 0.134 e. The van der Waals surface area contributed by atoms with E-state index in [-0.39, 0.29) is 13.2 Å². The summed E-state index contributed by atoms with van der Waals surface area (Å²) in [4.78, 5) is 4.59. The Labute approximate surface area is 196 Å². The Bertz CT molecular complexity index is 839. The highest BCUT2D eigenvalue weighted by Gasteiger charge is 2.33. The molecule has 1 atom stereocenters. The van der Waals surface area contributed by atoms with Crippen LogP contribution in [0.5, 0.6) is 11.5 Å². The van der Waals surface area contributed by atoms with Gasteiger partial charge in [-0.25, -0.2) is 0 Å². The van der Waals surface area contributed by atoms with Crippen molar-refractivity contribution in [2.24, 2.45) is 0 Å². The van der Waals surface area contributed by atoms with Gasteiger partial charge < -0.3 is 24.1 Å². The average molecular weight is 457 g/mol. The summed E-state index contributed by atoms with van der Waals surface area (Å²) in [6.45, 7) is 10.3. The van der Waals surface area contributed by atoms with Gasteiger partial charge in [0.2, 0.25) is 0 Å². The van der Waals surface area contributed by atoms with Crippen molar-refractivity contribution in [3.63, 3.8) is 0 Å². The Morgan fingerprint density at radius 1 is 0.848 bits per heavy atom. The number of hydrogen-bond donors (Lipinski definition) is 1. The molecule has 0 spiro atoms. The van der Waals surface area contributed by atoms with Crippen LogP contribution in [0.3, 0.4) is 0 Å². The highest BCUT2D eigenvalue weighted by Crippen LogP contribution is 2.20. The molecule has 180 valence electrons. The van der Waals surface area contributed by atoms with Crippen molar-refractivity contribution in [1.29, 1.82) is 0 Å². The Morgan fingerprint density at radius 2 is 1.48 bits per heavy atom. The summed E-state index contributed by atoms with van der Waals surface area (Å²) >= 11 is 0. The molecule has 7 nitrogen and oxygen atoms in total. The zero-order valence-electron chi connectivity index (χ0n) is 19.6. The lowest BCUT2D eigenvalue weighted by atomic mass is 10.1. The number of nitrogens with zero attached hydrogens (tertiary/aromatic N) is 2. The number of rotatable bonds is 9. The van der Waals surface area contributed by atoms with E-state index in [2.05, 4.69) is 21.9 Å². The molecule has 2 aliphatic rings. The van der Waals surface area contributed by atoms with Crippen molar-refractivity contribution in [2.75, 3.05) is 72.4 Å². The number of β-amino-alcohol motifs (C(OH)–C–C–N with tert-alkyl or cyclic N) is 1.